The minimum atomic E-state index is -1.26. The molecule has 1 unspecified atom stereocenters. The molecule has 10 heteroatoms. The Bertz CT molecular complexity index is 788. The van der Waals surface area contributed by atoms with Crippen molar-refractivity contribution in [1.82, 2.24) is 30.4 Å². The van der Waals surface area contributed by atoms with Crippen molar-refractivity contribution in [2.45, 2.75) is 12.5 Å². The van der Waals surface area contributed by atoms with Crippen molar-refractivity contribution in [2.75, 3.05) is 13.7 Å². The molecular formula is C14H14N6O4. The minimum absolute atomic E-state index is 0.431. The van der Waals surface area contributed by atoms with E-state index >= 15 is 0 Å². The number of imide groups is 1. The third-order valence-electron chi connectivity index (χ3n) is 3.85. The van der Waals surface area contributed by atoms with Gasteiger partial charge in [0.1, 0.15) is 18.4 Å². The predicted octanol–water partition coefficient (Wildman–Crippen LogP) is -0.398. The van der Waals surface area contributed by atoms with Crippen molar-refractivity contribution >= 4 is 17.9 Å². The van der Waals surface area contributed by atoms with Gasteiger partial charge in [-0.2, -0.15) is 0 Å². The third-order valence-corrected chi connectivity index (χ3v) is 3.85. The number of aromatic nitrogens is 4. The average Bonchev–Trinajstić information content (AvgIpc) is 3.19. The van der Waals surface area contributed by atoms with E-state index in [-0.39, 0.29) is 0 Å². The molecular weight excluding hydrogens is 316 g/mol. The normalized spacial score (nSPS) is 20.2. The van der Waals surface area contributed by atoms with Crippen LogP contribution in [-0.4, -0.2) is 56.7 Å². The molecule has 24 heavy (non-hydrogen) atoms. The summed E-state index contributed by atoms with van der Waals surface area (Å²) in [5.41, 5.74) is 0.0186. The molecule has 2 aromatic rings. The molecule has 1 fully saturated rings. The Morgan fingerprint density at radius 3 is 2.58 bits per heavy atom. The second kappa shape index (κ2) is 5.72. The van der Waals surface area contributed by atoms with E-state index in [0.29, 0.717) is 11.3 Å². The van der Waals surface area contributed by atoms with Crippen LogP contribution in [0.3, 0.4) is 0 Å². The summed E-state index contributed by atoms with van der Waals surface area (Å²) in [6, 6.07) is 6.18. The van der Waals surface area contributed by atoms with E-state index in [0.717, 1.165) is 4.90 Å². The van der Waals surface area contributed by atoms with Gasteiger partial charge in [0.25, 0.3) is 5.91 Å². The second-order valence-electron chi connectivity index (χ2n) is 5.32. The summed E-state index contributed by atoms with van der Waals surface area (Å²) in [5.74, 6) is -1.19. The zero-order chi connectivity index (χ0) is 17.3. The van der Waals surface area contributed by atoms with Gasteiger partial charge in [0.2, 0.25) is 0 Å². The number of amides is 3. The fourth-order valence-electron chi connectivity index (χ4n) is 2.46. The summed E-state index contributed by atoms with van der Waals surface area (Å²) in [7, 11) is 1.19. The minimum Gasteiger partial charge on any atom is -0.468 e. The van der Waals surface area contributed by atoms with Gasteiger partial charge in [0.05, 0.1) is 12.8 Å². The van der Waals surface area contributed by atoms with Crippen LogP contribution < -0.4 is 5.32 Å². The van der Waals surface area contributed by atoms with Gasteiger partial charge in [-0.25, -0.2) is 9.48 Å². The molecule has 1 N–H and O–H groups in total. The molecule has 124 valence electrons. The lowest BCUT2D eigenvalue weighted by atomic mass is 9.92. The quantitative estimate of drug-likeness (QED) is 0.598. The highest BCUT2D eigenvalue weighted by molar-refractivity contribution is 6.08. The third kappa shape index (κ3) is 2.47. The van der Waals surface area contributed by atoms with E-state index in [1.54, 1.807) is 31.2 Å². The number of carbonyl (C=O) groups is 3. The average molecular weight is 330 g/mol. The van der Waals surface area contributed by atoms with Crippen molar-refractivity contribution < 1.29 is 19.1 Å². The lowest BCUT2D eigenvalue weighted by Gasteiger charge is -2.22. The molecule has 1 aromatic heterocycles. The molecule has 1 aliphatic heterocycles. The summed E-state index contributed by atoms with van der Waals surface area (Å²) in [5, 5.41) is 13.5. The fraction of sp³-hybridized carbons (Fsp3) is 0.286. The second-order valence-corrected chi connectivity index (χ2v) is 5.32. The number of hydrogen-bond acceptors (Lipinski definition) is 7. The highest BCUT2D eigenvalue weighted by Gasteiger charge is 2.49. The summed E-state index contributed by atoms with van der Waals surface area (Å²) in [4.78, 5) is 36.8. The van der Waals surface area contributed by atoms with E-state index < -0.39 is 30.0 Å². The number of carbonyl (C=O) groups excluding carboxylic acids is 3. The molecule has 1 saturated heterocycles. The topological polar surface area (TPSA) is 119 Å². The number of urea groups is 1. The Labute approximate surface area is 136 Å². The molecule has 0 saturated carbocycles. The highest BCUT2D eigenvalue weighted by Crippen LogP contribution is 2.29. The largest absolute Gasteiger partial charge is 0.468 e. The highest BCUT2D eigenvalue weighted by atomic mass is 16.5. The number of nitrogens with one attached hydrogen (secondary N) is 1. The first kappa shape index (κ1) is 15.6. The maximum Gasteiger partial charge on any atom is 0.325 e. The van der Waals surface area contributed by atoms with Gasteiger partial charge < -0.3 is 10.1 Å². The first-order valence-corrected chi connectivity index (χ1v) is 7.00. The van der Waals surface area contributed by atoms with Crippen LogP contribution in [0.4, 0.5) is 4.79 Å². The van der Waals surface area contributed by atoms with Crippen LogP contribution in [0.5, 0.6) is 0 Å². The number of rotatable bonds is 4. The zero-order valence-electron chi connectivity index (χ0n) is 13.0. The van der Waals surface area contributed by atoms with E-state index in [1.807, 2.05) is 0 Å². The van der Waals surface area contributed by atoms with Gasteiger partial charge in [0.15, 0.2) is 0 Å². The Kier molecular flexibility index (Phi) is 3.72. The lowest BCUT2D eigenvalue weighted by Crippen LogP contribution is -2.41. The van der Waals surface area contributed by atoms with Gasteiger partial charge in [-0.3, -0.25) is 14.5 Å². The van der Waals surface area contributed by atoms with Crippen molar-refractivity contribution in [3.05, 3.63) is 36.2 Å². The van der Waals surface area contributed by atoms with Crippen LogP contribution in [0.25, 0.3) is 5.69 Å². The smallest absolute Gasteiger partial charge is 0.325 e. The van der Waals surface area contributed by atoms with Crippen LogP contribution in [0.2, 0.25) is 0 Å². The summed E-state index contributed by atoms with van der Waals surface area (Å²) >= 11 is 0. The standard InChI is InChI=1S/C14H14N6O4/c1-14(12(22)19(13(23)16-14)7-11(21)24-2)9-3-5-10(6-4-9)20-8-15-17-18-20/h3-6,8H,7H2,1-2H3,(H,16,23). The molecule has 1 aliphatic rings. The van der Waals surface area contributed by atoms with Crippen molar-refractivity contribution in [3.8, 4) is 5.69 Å². The Hall–Kier alpha value is -3.30. The fourth-order valence-corrected chi connectivity index (χ4v) is 2.46. The Morgan fingerprint density at radius 1 is 1.29 bits per heavy atom. The first-order chi connectivity index (χ1) is 11.5. The lowest BCUT2D eigenvalue weighted by molar-refractivity contribution is -0.145. The Balaban J connectivity index is 1.87. The van der Waals surface area contributed by atoms with Crippen molar-refractivity contribution in [1.29, 1.82) is 0 Å². The van der Waals surface area contributed by atoms with Gasteiger partial charge in [-0.15, -0.1) is 5.10 Å². The molecule has 3 amide bonds. The molecule has 1 aromatic carbocycles. The summed E-state index contributed by atoms with van der Waals surface area (Å²) in [6.07, 6.45) is 1.44. The molecule has 0 bridgehead atoms. The molecule has 10 nitrogen and oxygen atoms in total. The SMILES string of the molecule is COC(=O)CN1C(=O)NC(C)(c2ccc(-n3cnnn3)cc2)C1=O. The van der Waals surface area contributed by atoms with Gasteiger partial charge >= 0.3 is 12.0 Å². The van der Waals surface area contributed by atoms with Gasteiger partial charge in [-0.1, -0.05) is 12.1 Å². The van der Waals surface area contributed by atoms with E-state index in [4.69, 9.17) is 0 Å². The zero-order valence-corrected chi connectivity index (χ0v) is 13.0. The number of hydrogen-bond donors (Lipinski definition) is 1. The van der Waals surface area contributed by atoms with Crippen molar-refractivity contribution in [3.63, 3.8) is 0 Å². The van der Waals surface area contributed by atoms with E-state index in [9.17, 15) is 14.4 Å². The molecule has 2 heterocycles. The van der Waals surface area contributed by atoms with Crippen LogP contribution in [0, 0.1) is 0 Å². The Morgan fingerprint density at radius 2 is 2.00 bits per heavy atom. The first-order valence-electron chi connectivity index (χ1n) is 7.00. The van der Waals surface area contributed by atoms with Crippen LogP contribution in [-0.2, 0) is 19.9 Å². The molecule has 0 spiro atoms. The molecule has 1 atom stereocenters. The molecule has 0 radical (unpaired) electrons. The van der Waals surface area contributed by atoms with E-state index in [2.05, 4.69) is 25.6 Å². The molecule has 3 rings (SSSR count). The molecule has 0 aliphatic carbocycles. The van der Waals surface area contributed by atoms with Crippen molar-refractivity contribution in [2.24, 2.45) is 0 Å². The number of esters is 1. The number of tetrazole rings is 1. The van der Waals surface area contributed by atoms with Crippen LogP contribution in [0.15, 0.2) is 30.6 Å². The number of benzene rings is 1. The number of nitrogens with zero attached hydrogens (tertiary/aromatic N) is 5. The predicted molar refractivity (Wildman–Crippen MR) is 78.8 cm³/mol. The van der Waals surface area contributed by atoms with Crippen LogP contribution in [0.1, 0.15) is 12.5 Å². The van der Waals surface area contributed by atoms with Gasteiger partial charge in [-0.05, 0) is 35.0 Å². The number of methoxy groups -OCH3 is 1. The monoisotopic (exact) mass is 330 g/mol. The van der Waals surface area contributed by atoms with Gasteiger partial charge in [0, 0.05) is 0 Å². The van der Waals surface area contributed by atoms with E-state index in [1.165, 1.54) is 18.1 Å². The number of ether oxygens (including phenoxy) is 1. The maximum atomic E-state index is 12.6. The maximum absolute atomic E-state index is 12.6. The summed E-state index contributed by atoms with van der Waals surface area (Å²) < 4.78 is 5.97. The van der Waals surface area contributed by atoms with Crippen LogP contribution >= 0.6 is 0 Å². The summed E-state index contributed by atoms with van der Waals surface area (Å²) in [6.45, 7) is 1.15.